The Bertz CT molecular complexity index is 472. The number of amides is 2. The van der Waals surface area contributed by atoms with Gasteiger partial charge in [0.2, 0.25) is 0 Å². The molecule has 24 heavy (non-hydrogen) atoms. The highest BCUT2D eigenvalue weighted by molar-refractivity contribution is 5.70. The minimum Gasteiger partial charge on any atom is -0.444 e. The van der Waals surface area contributed by atoms with Crippen molar-refractivity contribution in [2.24, 2.45) is 0 Å². The lowest BCUT2D eigenvalue weighted by Crippen LogP contribution is -2.48. The maximum absolute atomic E-state index is 12.3. The molecule has 138 valence electrons. The zero-order valence-electron chi connectivity index (χ0n) is 16.1. The average molecular weight is 340 g/mol. The van der Waals surface area contributed by atoms with E-state index in [9.17, 15) is 9.59 Å². The van der Waals surface area contributed by atoms with E-state index < -0.39 is 29.4 Å². The Kier molecular flexibility index (Phi) is 8.03. The fraction of sp³-hybridized carbons (Fsp3) is 0.667. The van der Waals surface area contributed by atoms with Gasteiger partial charge in [0.25, 0.3) is 0 Å². The van der Waals surface area contributed by atoms with Crippen LogP contribution in [0.5, 0.6) is 0 Å². The van der Waals surface area contributed by atoms with Gasteiger partial charge in [-0.3, -0.25) is 0 Å². The van der Waals surface area contributed by atoms with E-state index in [-0.39, 0.29) is 6.54 Å². The molecule has 0 saturated heterocycles. The van der Waals surface area contributed by atoms with E-state index in [4.69, 9.17) is 9.47 Å². The third kappa shape index (κ3) is 9.92. The molecule has 0 aromatic carbocycles. The molecule has 1 N–H and O–H groups in total. The highest BCUT2D eigenvalue weighted by atomic mass is 16.6. The largest absolute Gasteiger partial charge is 0.444 e. The maximum atomic E-state index is 12.3. The molecule has 0 saturated carbocycles. The first-order chi connectivity index (χ1) is 10.7. The topological polar surface area (TPSA) is 67.9 Å². The predicted molar refractivity (Wildman–Crippen MR) is 96.0 cm³/mol. The molecule has 0 aliphatic heterocycles. The molecule has 0 spiro atoms. The summed E-state index contributed by atoms with van der Waals surface area (Å²) in [4.78, 5) is 25.8. The number of ether oxygens (including phenoxy) is 2. The Morgan fingerprint density at radius 3 is 2.00 bits per heavy atom. The molecule has 1 atom stereocenters. The SMILES string of the molecule is C=CCN(C[C@@H](NC(=O)OC(C)(C)C)C(=C)C)C(=O)OC(C)(C)C. The third-order valence-electron chi connectivity index (χ3n) is 2.69. The lowest BCUT2D eigenvalue weighted by molar-refractivity contribution is 0.0244. The number of nitrogens with zero attached hydrogens (tertiary/aromatic N) is 1. The van der Waals surface area contributed by atoms with Crippen molar-refractivity contribution in [3.05, 3.63) is 24.8 Å². The van der Waals surface area contributed by atoms with Gasteiger partial charge in [-0.15, -0.1) is 6.58 Å². The summed E-state index contributed by atoms with van der Waals surface area (Å²) in [5.41, 5.74) is -0.498. The van der Waals surface area contributed by atoms with Crippen LogP contribution in [0.2, 0.25) is 0 Å². The van der Waals surface area contributed by atoms with Crippen LogP contribution >= 0.6 is 0 Å². The fourth-order valence-electron chi connectivity index (χ4n) is 1.70. The minimum absolute atomic E-state index is 0.218. The zero-order valence-corrected chi connectivity index (χ0v) is 16.1. The number of hydrogen-bond acceptors (Lipinski definition) is 4. The van der Waals surface area contributed by atoms with Gasteiger partial charge in [-0.1, -0.05) is 18.2 Å². The molecule has 0 radical (unpaired) electrons. The lowest BCUT2D eigenvalue weighted by Gasteiger charge is -2.30. The summed E-state index contributed by atoms with van der Waals surface area (Å²) in [5, 5.41) is 2.74. The highest BCUT2D eigenvalue weighted by Crippen LogP contribution is 2.12. The summed E-state index contributed by atoms with van der Waals surface area (Å²) >= 11 is 0. The molecule has 0 heterocycles. The van der Waals surface area contributed by atoms with Gasteiger partial charge >= 0.3 is 12.2 Å². The van der Waals surface area contributed by atoms with Crippen LogP contribution in [-0.2, 0) is 9.47 Å². The zero-order chi connectivity index (χ0) is 19.1. The van der Waals surface area contributed by atoms with Crippen molar-refractivity contribution in [3.8, 4) is 0 Å². The van der Waals surface area contributed by atoms with E-state index in [1.54, 1.807) is 54.5 Å². The first-order valence-electron chi connectivity index (χ1n) is 7.99. The number of carbonyl (C=O) groups excluding carboxylic acids is 2. The van der Waals surface area contributed by atoms with Gasteiger partial charge in [-0.2, -0.15) is 0 Å². The minimum atomic E-state index is -0.603. The summed E-state index contributed by atoms with van der Waals surface area (Å²) < 4.78 is 10.6. The van der Waals surface area contributed by atoms with Crippen molar-refractivity contribution in [1.29, 1.82) is 0 Å². The van der Waals surface area contributed by atoms with Crippen molar-refractivity contribution in [3.63, 3.8) is 0 Å². The third-order valence-corrected chi connectivity index (χ3v) is 2.69. The number of carbonyl (C=O) groups is 2. The second kappa shape index (κ2) is 8.76. The summed E-state index contributed by atoms with van der Waals surface area (Å²) in [6.45, 7) is 20.6. The second-order valence-corrected chi connectivity index (χ2v) is 7.72. The number of alkyl carbamates (subject to hydrolysis) is 1. The van der Waals surface area contributed by atoms with E-state index in [2.05, 4.69) is 18.5 Å². The molecule has 0 fully saturated rings. The Hall–Kier alpha value is -1.98. The summed E-state index contributed by atoms with van der Waals surface area (Å²) in [6.07, 6.45) is 0.574. The molecule has 0 aliphatic carbocycles. The van der Waals surface area contributed by atoms with Crippen LogP contribution in [0.15, 0.2) is 24.8 Å². The first-order valence-corrected chi connectivity index (χ1v) is 7.99. The van der Waals surface area contributed by atoms with Gasteiger partial charge < -0.3 is 19.7 Å². The average Bonchev–Trinajstić information content (AvgIpc) is 2.32. The molecule has 0 bridgehead atoms. The monoisotopic (exact) mass is 340 g/mol. The van der Waals surface area contributed by atoms with Crippen molar-refractivity contribution in [2.45, 2.75) is 65.7 Å². The fourth-order valence-corrected chi connectivity index (χ4v) is 1.70. The van der Waals surface area contributed by atoms with Gasteiger partial charge in [0, 0.05) is 13.1 Å². The van der Waals surface area contributed by atoms with Crippen molar-refractivity contribution < 1.29 is 19.1 Å². The van der Waals surface area contributed by atoms with Crippen LogP contribution in [0, 0.1) is 0 Å². The molecular weight excluding hydrogens is 308 g/mol. The molecule has 0 aliphatic rings. The van der Waals surface area contributed by atoms with E-state index in [0.717, 1.165) is 0 Å². The Morgan fingerprint density at radius 2 is 1.62 bits per heavy atom. The van der Waals surface area contributed by atoms with E-state index in [1.165, 1.54) is 4.90 Å². The van der Waals surface area contributed by atoms with Gasteiger partial charge in [0.15, 0.2) is 0 Å². The quantitative estimate of drug-likeness (QED) is 0.745. The molecule has 0 aromatic heterocycles. The van der Waals surface area contributed by atoms with Crippen LogP contribution < -0.4 is 5.32 Å². The van der Waals surface area contributed by atoms with Gasteiger partial charge in [0.1, 0.15) is 11.2 Å². The van der Waals surface area contributed by atoms with Crippen LogP contribution in [0.25, 0.3) is 0 Å². The number of rotatable bonds is 6. The van der Waals surface area contributed by atoms with Crippen LogP contribution in [0.3, 0.4) is 0 Å². The maximum Gasteiger partial charge on any atom is 0.410 e. The molecule has 0 unspecified atom stereocenters. The molecule has 0 aromatic rings. The van der Waals surface area contributed by atoms with Crippen molar-refractivity contribution in [2.75, 3.05) is 13.1 Å². The molecule has 6 heteroatoms. The van der Waals surface area contributed by atoms with E-state index >= 15 is 0 Å². The standard InChI is InChI=1S/C18H32N2O4/c1-10-11-20(16(22)24-18(7,8)9)12-14(13(2)3)19-15(21)23-17(4,5)6/h10,14H,1-2,11-12H2,3-9H3,(H,19,21)/t14-/m1/s1. The lowest BCUT2D eigenvalue weighted by atomic mass is 10.1. The van der Waals surface area contributed by atoms with Gasteiger partial charge in [0.05, 0.1) is 6.04 Å². The summed E-state index contributed by atoms with van der Waals surface area (Å²) in [7, 11) is 0. The highest BCUT2D eigenvalue weighted by Gasteiger charge is 2.26. The molecule has 6 nitrogen and oxygen atoms in total. The number of hydrogen-bond donors (Lipinski definition) is 1. The predicted octanol–water partition coefficient (Wildman–Crippen LogP) is 3.88. The summed E-state index contributed by atoms with van der Waals surface area (Å²) in [5.74, 6) is 0. The van der Waals surface area contributed by atoms with Crippen molar-refractivity contribution in [1.82, 2.24) is 10.2 Å². The number of nitrogens with one attached hydrogen (secondary N) is 1. The second-order valence-electron chi connectivity index (χ2n) is 7.72. The first kappa shape index (κ1) is 22.0. The van der Waals surface area contributed by atoms with E-state index in [1.807, 2.05) is 0 Å². The molecular formula is C18H32N2O4. The molecule has 0 rings (SSSR count). The summed E-state index contributed by atoms with van der Waals surface area (Å²) in [6, 6.07) is -0.452. The smallest absolute Gasteiger partial charge is 0.410 e. The van der Waals surface area contributed by atoms with E-state index in [0.29, 0.717) is 12.1 Å². The van der Waals surface area contributed by atoms with Crippen molar-refractivity contribution >= 4 is 12.2 Å². The normalized spacial score (nSPS) is 12.8. The van der Waals surface area contributed by atoms with Crippen LogP contribution in [-0.4, -0.2) is 47.4 Å². The molecule has 2 amide bonds. The van der Waals surface area contributed by atoms with Crippen LogP contribution in [0.4, 0.5) is 9.59 Å². The van der Waals surface area contributed by atoms with Gasteiger partial charge in [-0.05, 0) is 48.5 Å². The van der Waals surface area contributed by atoms with Gasteiger partial charge in [-0.25, -0.2) is 9.59 Å². The Labute approximate surface area is 145 Å². The van der Waals surface area contributed by atoms with Crippen LogP contribution in [0.1, 0.15) is 48.5 Å². The Balaban J connectivity index is 5.02. The Morgan fingerprint density at radius 1 is 1.12 bits per heavy atom.